The van der Waals surface area contributed by atoms with Crippen molar-refractivity contribution in [1.82, 2.24) is 9.80 Å². The predicted octanol–water partition coefficient (Wildman–Crippen LogP) is 14.9. The zero-order valence-corrected chi connectivity index (χ0v) is 36.7. The van der Waals surface area contributed by atoms with E-state index in [1.807, 2.05) is 13.8 Å². The van der Waals surface area contributed by atoms with E-state index in [0.29, 0.717) is 0 Å². The predicted molar refractivity (Wildman–Crippen MR) is 222 cm³/mol. The SMILES string of the molecule is C/C=C(/C)CC.C/C=C\C(C)C.CC=C(C)C.CCC(C)C.CCC=C(C)C.CCCC(C)C.CCCN(C)C.CCN(C)C. The normalized spacial score (nSPS) is 9.76. The maximum absolute atomic E-state index is 2.25. The first-order valence-corrected chi connectivity index (χ1v) is 18.5. The topological polar surface area (TPSA) is 6.48 Å². The number of rotatable bonds is 9. The molecular weight excluding hydrogens is 544 g/mol. The summed E-state index contributed by atoms with van der Waals surface area (Å²) in [5.41, 5.74) is 4.26. The minimum Gasteiger partial charge on any atom is -0.310 e. The molecule has 0 N–H and O–H groups in total. The highest BCUT2D eigenvalue weighted by molar-refractivity contribution is 4.93. The van der Waals surface area contributed by atoms with Gasteiger partial charge in [0, 0.05) is 0 Å². The zero-order chi connectivity index (χ0) is 37.8. The summed E-state index contributed by atoms with van der Waals surface area (Å²) in [7, 11) is 8.28. The lowest BCUT2D eigenvalue weighted by Gasteiger charge is -2.03. The lowest BCUT2D eigenvalue weighted by molar-refractivity contribution is 0.408. The molecule has 0 aromatic heterocycles. The van der Waals surface area contributed by atoms with Crippen molar-refractivity contribution in [2.45, 2.75) is 177 Å². The van der Waals surface area contributed by atoms with Gasteiger partial charge in [-0.1, -0.05) is 149 Å². The van der Waals surface area contributed by atoms with Crippen LogP contribution in [0.4, 0.5) is 0 Å². The summed E-state index contributed by atoms with van der Waals surface area (Å²) in [5, 5.41) is 0. The van der Waals surface area contributed by atoms with Crippen molar-refractivity contribution in [2.75, 3.05) is 41.3 Å². The Morgan fingerprint density at radius 2 is 1.00 bits per heavy atom. The Labute approximate surface area is 292 Å². The molecule has 0 aromatic rings. The Morgan fingerprint density at radius 3 is 1.00 bits per heavy atom. The van der Waals surface area contributed by atoms with E-state index in [1.165, 1.54) is 61.8 Å². The van der Waals surface area contributed by atoms with Crippen LogP contribution >= 0.6 is 0 Å². The summed E-state index contributed by atoms with van der Waals surface area (Å²) in [4.78, 5) is 4.31. The van der Waals surface area contributed by atoms with Crippen LogP contribution in [0.25, 0.3) is 0 Å². The highest BCUT2D eigenvalue weighted by atomic mass is 15.0. The first-order chi connectivity index (χ1) is 20.7. The molecule has 0 saturated carbocycles. The second kappa shape index (κ2) is 58.4. The Kier molecular flexibility index (Phi) is 81.4. The molecular formula is C43H96N2. The van der Waals surface area contributed by atoms with Crippen LogP contribution in [0.1, 0.15) is 177 Å². The van der Waals surface area contributed by atoms with E-state index in [-0.39, 0.29) is 0 Å². The molecule has 0 amide bonds. The molecule has 0 heterocycles. The third kappa shape index (κ3) is 164. The van der Waals surface area contributed by atoms with Crippen molar-refractivity contribution < 1.29 is 0 Å². The van der Waals surface area contributed by atoms with Gasteiger partial charge in [0.1, 0.15) is 0 Å². The summed E-state index contributed by atoms with van der Waals surface area (Å²) in [6.45, 7) is 45.3. The average molecular weight is 641 g/mol. The Morgan fingerprint density at radius 1 is 0.600 bits per heavy atom. The average Bonchev–Trinajstić information content (AvgIpc) is 2.94. The van der Waals surface area contributed by atoms with E-state index < -0.39 is 0 Å². The quantitative estimate of drug-likeness (QED) is 0.231. The van der Waals surface area contributed by atoms with Crippen molar-refractivity contribution in [3.8, 4) is 0 Å². The van der Waals surface area contributed by atoms with Gasteiger partial charge in [0.2, 0.25) is 0 Å². The second-order valence-electron chi connectivity index (χ2n) is 13.5. The van der Waals surface area contributed by atoms with Crippen LogP contribution in [0.3, 0.4) is 0 Å². The van der Waals surface area contributed by atoms with Gasteiger partial charge in [0.25, 0.3) is 0 Å². The molecule has 0 fully saturated rings. The van der Waals surface area contributed by atoms with E-state index in [2.05, 4.69) is 193 Å². The van der Waals surface area contributed by atoms with Gasteiger partial charge < -0.3 is 9.80 Å². The van der Waals surface area contributed by atoms with Crippen LogP contribution in [0.15, 0.2) is 47.1 Å². The maximum atomic E-state index is 2.25. The van der Waals surface area contributed by atoms with E-state index in [1.54, 1.807) is 0 Å². The van der Waals surface area contributed by atoms with Crippen LogP contribution in [0.5, 0.6) is 0 Å². The molecule has 278 valence electrons. The number of hydrogen-bond acceptors (Lipinski definition) is 2. The fourth-order valence-electron chi connectivity index (χ4n) is 2.02. The fraction of sp³-hybridized carbons (Fsp3) is 0.814. The summed E-state index contributed by atoms with van der Waals surface area (Å²) in [5.74, 6) is 2.50. The summed E-state index contributed by atoms with van der Waals surface area (Å²) < 4.78 is 0. The Balaban J connectivity index is -0.0000000580. The van der Waals surface area contributed by atoms with E-state index >= 15 is 0 Å². The number of hydrogen-bond donors (Lipinski definition) is 0. The van der Waals surface area contributed by atoms with Crippen molar-refractivity contribution in [1.29, 1.82) is 0 Å². The lowest BCUT2D eigenvalue weighted by atomic mass is 10.1. The van der Waals surface area contributed by atoms with E-state index in [0.717, 1.165) is 24.3 Å². The molecule has 2 nitrogen and oxygen atoms in total. The zero-order valence-electron chi connectivity index (χ0n) is 36.7. The molecule has 0 unspecified atom stereocenters. The standard InChI is InChI=1S/C6H14.3C6H12.C5H13N.C5H12.C5H10.C4H11N/c3*1-4-5-6(2)3;1-4-6(3)5-2;1-4-5-6(2)3;3*1-4-5(2)3/h6H,4-5H2,1-3H3;5H,4H2,1-3H3;4-6H,1-3H3;4H,5H2,1-3H3;4-5H2,1-3H3;5H,4H2,1-3H3;4H,1-3H3;4H2,1-3H3/b;;5-4-;6-4-;;;;. The van der Waals surface area contributed by atoms with Crippen LogP contribution in [-0.4, -0.2) is 51.1 Å². The van der Waals surface area contributed by atoms with Crippen molar-refractivity contribution in [3.05, 3.63) is 47.1 Å². The highest BCUT2D eigenvalue weighted by Crippen LogP contribution is 2.00. The summed E-state index contributed by atoms with van der Waals surface area (Å²) >= 11 is 0. The Hall–Kier alpha value is -1.12. The Bertz CT molecular complexity index is 547. The van der Waals surface area contributed by atoms with Gasteiger partial charge in [0.15, 0.2) is 0 Å². The molecule has 0 rings (SSSR count). The van der Waals surface area contributed by atoms with Crippen molar-refractivity contribution in [3.63, 3.8) is 0 Å². The van der Waals surface area contributed by atoms with Crippen molar-refractivity contribution in [2.24, 2.45) is 17.8 Å². The minimum atomic E-state index is 0.718. The maximum Gasteiger partial charge on any atom is -0.00275 e. The third-order valence-corrected chi connectivity index (χ3v) is 5.80. The molecule has 0 saturated heterocycles. The molecule has 0 radical (unpaired) electrons. The van der Waals surface area contributed by atoms with Gasteiger partial charge in [-0.3, -0.25) is 0 Å². The van der Waals surface area contributed by atoms with Crippen LogP contribution in [-0.2, 0) is 0 Å². The highest BCUT2D eigenvalue weighted by Gasteiger charge is 1.85. The largest absolute Gasteiger partial charge is 0.310 e. The summed E-state index contributed by atoms with van der Waals surface area (Å²) in [6, 6.07) is 0. The monoisotopic (exact) mass is 641 g/mol. The number of nitrogens with zero attached hydrogens (tertiary/aromatic N) is 2. The van der Waals surface area contributed by atoms with Gasteiger partial charge >= 0.3 is 0 Å². The van der Waals surface area contributed by atoms with Gasteiger partial charge in [-0.15, -0.1) is 0 Å². The smallest absolute Gasteiger partial charge is 0.00275 e. The lowest BCUT2D eigenvalue weighted by Crippen LogP contribution is -2.11. The molecule has 0 aliphatic carbocycles. The molecule has 0 aromatic carbocycles. The molecule has 0 atom stereocenters. The fourth-order valence-corrected chi connectivity index (χ4v) is 2.02. The molecule has 0 aliphatic rings. The minimum absolute atomic E-state index is 0.718. The van der Waals surface area contributed by atoms with Gasteiger partial charge in [-0.25, -0.2) is 0 Å². The molecule has 0 spiro atoms. The number of allylic oxidation sites excluding steroid dienone is 8. The van der Waals surface area contributed by atoms with E-state index in [9.17, 15) is 0 Å². The van der Waals surface area contributed by atoms with Crippen LogP contribution in [0, 0.1) is 17.8 Å². The first kappa shape index (κ1) is 62.7. The first-order valence-electron chi connectivity index (χ1n) is 18.5. The molecule has 45 heavy (non-hydrogen) atoms. The van der Waals surface area contributed by atoms with Gasteiger partial charge in [-0.05, 0) is 134 Å². The van der Waals surface area contributed by atoms with Crippen LogP contribution < -0.4 is 0 Å². The molecule has 2 heteroatoms. The summed E-state index contributed by atoms with van der Waals surface area (Å²) in [6.07, 6.45) is 18.3. The third-order valence-electron chi connectivity index (χ3n) is 5.80. The van der Waals surface area contributed by atoms with E-state index in [4.69, 9.17) is 0 Å². The van der Waals surface area contributed by atoms with Crippen molar-refractivity contribution >= 4 is 0 Å². The molecule has 0 aliphatic heterocycles. The van der Waals surface area contributed by atoms with Gasteiger partial charge in [-0.2, -0.15) is 0 Å². The second-order valence-corrected chi connectivity index (χ2v) is 13.5. The van der Waals surface area contributed by atoms with Gasteiger partial charge in [0.05, 0.1) is 0 Å². The van der Waals surface area contributed by atoms with Crippen LogP contribution in [0.2, 0.25) is 0 Å². The molecule has 0 bridgehead atoms.